The van der Waals surface area contributed by atoms with Crippen molar-refractivity contribution in [3.05, 3.63) is 69.4 Å². The summed E-state index contributed by atoms with van der Waals surface area (Å²) in [5.74, 6) is -125. The van der Waals surface area contributed by atoms with Crippen LogP contribution in [0.5, 0.6) is 0 Å². The molecule has 35 heteroatoms. The first-order chi connectivity index (χ1) is 33.7. The maximum absolute atomic E-state index is 14.8. The lowest BCUT2D eigenvalue weighted by molar-refractivity contribution is -0.452. The molecule has 0 saturated carbocycles. The first-order valence-electron chi connectivity index (χ1n) is 20.9. The Hall–Kier alpha value is -4.50. The number of nitrogens with zero attached hydrogens (tertiary/aromatic N) is 1. The highest BCUT2D eigenvalue weighted by Crippen LogP contribution is 2.66. The van der Waals surface area contributed by atoms with Crippen molar-refractivity contribution in [3.63, 3.8) is 0 Å². The summed E-state index contributed by atoms with van der Waals surface area (Å²) in [6, 6.07) is 3.44. The van der Waals surface area contributed by atoms with Gasteiger partial charge in [-0.1, -0.05) is 24.3 Å². The van der Waals surface area contributed by atoms with Crippen LogP contribution in [0.15, 0.2) is 30.5 Å². The van der Waals surface area contributed by atoms with Gasteiger partial charge in [-0.15, -0.1) is 0 Å². The first-order valence-corrected chi connectivity index (χ1v) is 20.9. The molecule has 0 aliphatic carbocycles. The second-order valence-electron chi connectivity index (χ2n) is 18.0. The van der Waals surface area contributed by atoms with Gasteiger partial charge in [0.2, 0.25) is 0 Å². The number of halogens is 32. The summed E-state index contributed by atoms with van der Waals surface area (Å²) in [6.45, 7) is 2.11. The van der Waals surface area contributed by atoms with Crippen LogP contribution >= 0.6 is 0 Å². The van der Waals surface area contributed by atoms with Crippen molar-refractivity contribution in [3.8, 4) is 0 Å². The number of hydrogen-bond acceptors (Lipinski definition) is 3. The van der Waals surface area contributed by atoms with Crippen molar-refractivity contribution in [1.82, 2.24) is 10.6 Å². The number of alkyl halides is 32. The quantitative estimate of drug-likeness (QED) is 0.109. The van der Waals surface area contributed by atoms with Crippen LogP contribution in [0.4, 0.5) is 146 Å². The Morgan fingerprint density at radius 1 is 0.390 bits per heavy atom. The Bertz CT molecular complexity index is 2470. The molecule has 0 aromatic heterocycles. The molecule has 1 heterocycles. The summed E-state index contributed by atoms with van der Waals surface area (Å²) >= 11 is 0. The maximum atomic E-state index is 14.8. The third-order valence-corrected chi connectivity index (χ3v) is 12.2. The van der Waals surface area contributed by atoms with Gasteiger partial charge in [-0.3, -0.25) is 5.32 Å². The number of nitrogens with one attached hydrogen (secondary N) is 2. The predicted molar refractivity (Wildman–Crippen MR) is 205 cm³/mol. The molecule has 0 fully saturated rings. The zero-order chi connectivity index (χ0) is 61.1. The van der Waals surface area contributed by atoms with Gasteiger partial charge >= 0.3 is 94.8 Å². The number of hydrogen-bond donors (Lipinski definition) is 2. The Balaban J connectivity index is 1.94. The molecule has 0 radical (unpaired) electrons. The molecule has 2 aromatic rings. The Morgan fingerprint density at radius 3 is 0.896 bits per heavy atom. The molecule has 1 atom stereocenters. The van der Waals surface area contributed by atoms with Crippen LogP contribution in [0.2, 0.25) is 0 Å². The van der Waals surface area contributed by atoms with Gasteiger partial charge in [-0.05, 0) is 81.0 Å². The molecule has 444 valence electrons. The summed E-state index contributed by atoms with van der Waals surface area (Å²) in [6.07, 6.45) is -8.47. The van der Waals surface area contributed by atoms with E-state index in [2.05, 4.69) is 10.6 Å². The number of aryl methyl sites for hydroxylation is 6. The molecular formula is C42H37F32N3. The molecule has 0 amide bonds. The minimum Gasteiger partial charge on any atom is -0.351 e. The second-order valence-corrected chi connectivity index (χ2v) is 18.0. The zero-order valence-electron chi connectivity index (χ0n) is 39.3. The van der Waals surface area contributed by atoms with Crippen LogP contribution < -0.4 is 15.5 Å². The Labute approximate surface area is 412 Å². The molecule has 1 unspecified atom stereocenters. The van der Waals surface area contributed by atoms with Crippen LogP contribution in [0.25, 0.3) is 5.70 Å². The normalized spacial score (nSPS) is 17.3. The number of rotatable bonds is 23. The molecule has 1 aliphatic rings. The van der Waals surface area contributed by atoms with E-state index >= 15 is 0 Å². The van der Waals surface area contributed by atoms with E-state index in [1.54, 1.807) is 0 Å². The molecule has 3 rings (SSSR count). The van der Waals surface area contributed by atoms with Gasteiger partial charge < -0.3 is 10.2 Å². The second kappa shape index (κ2) is 19.4. The van der Waals surface area contributed by atoms with Crippen molar-refractivity contribution in [2.24, 2.45) is 0 Å². The minimum atomic E-state index is -8.61. The highest BCUT2D eigenvalue weighted by Gasteiger charge is 2.96. The van der Waals surface area contributed by atoms with Crippen molar-refractivity contribution >= 4 is 11.4 Å². The van der Waals surface area contributed by atoms with Gasteiger partial charge in [0.15, 0.2) is 6.29 Å². The van der Waals surface area contributed by atoms with Gasteiger partial charge in [-0.25, -0.2) is 0 Å². The lowest BCUT2D eigenvalue weighted by atomic mass is 9.86. The Morgan fingerprint density at radius 2 is 0.636 bits per heavy atom. The van der Waals surface area contributed by atoms with E-state index in [9.17, 15) is 140 Å². The van der Waals surface area contributed by atoms with Gasteiger partial charge in [0.25, 0.3) is 0 Å². The Kier molecular flexibility index (Phi) is 16.8. The maximum Gasteiger partial charge on any atom is 0.384 e. The summed E-state index contributed by atoms with van der Waals surface area (Å²) in [5, 5.41) is 5.55. The molecule has 1 aliphatic heterocycles. The lowest BCUT2D eigenvalue weighted by Gasteiger charge is -2.43. The van der Waals surface area contributed by atoms with Crippen molar-refractivity contribution in [2.75, 3.05) is 11.9 Å². The molecular weight excluding hydrogens is 1150 g/mol. The summed E-state index contributed by atoms with van der Waals surface area (Å²) in [5.41, 5.74) is -1.24. The molecule has 0 saturated heterocycles. The molecule has 2 N–H and O–H groups in total. The smallest absolute Gasteiger partial charge is 0.351 e. The van der Waals surface area contributed by atoms with Crippen LogP contribution in [-0.2, 0) is 12.8 Å². The fourth-order valence-electron chi connectivity index (χ4n) is 7.73. The van der Waals surface area contributed by atoms with Gasteiger partial charge in [0.05, 0.1) is 5.70 Å². The fraction of sp³-hybridized carbons (Fsp3) is 0.667. The van der Waals surface area contributed by atoms with Gasteiger partial charge in [-0.2, -0.15) is 140 Å². The lowest BCUT2D eigenvalue weighted by Crippen LogP contribution is -2.74. The van der Waals surface area contributed by atoms with E-state index in [4.69, 9.17) is 0 Å². The van der Waals surface area contributed by atoms with E-state index < -0.39 is 152 Å². The predicted octanol–water partition coefficient (Wildman–Crippen LogP) is 15.9. The van der Waals surface area contributed by atoms with Crippen molar-refractivity contribution in [2.45, 2.75) is 168 Å². The summed E-state index contributed by atoms with van der Waals surface area (Å²) in [4.78, 5) is 1.27. The summed E-state index contributed by atoms with van der Waals surface area (Å²) in [7, 11) is 1.27. The van der Waals surface area contributed by atoms with Crippen LogP contribution in [-0.4, -0.2) is 108 Å². The molecule has 77 heavy (non-hydrogen) atoms. The van der Waals surface area contributed by atoms with E-state index in [-0.39, 0.29) is 39.2 Å². The monoisotopic (exact) mass is 1190 g/mol. The highest BCUT2D eigenvalue weighted by molar-refractivity contribution is 5.77. The SMILES string of the molecule is CNC1NC(c2c(C)cc(CCC(F)(F)C(F)(F)C(F)(F)C(F)(F)C(F)(F)C(F)(F)C(F)(F)C(C)(F)F)cc2C)=CN1c1c(C)cc(CCC(F)(F)C(F)(F)C(F)(F)C(F)(F)C(F)(F)C(F)(F)C(F)(F)C(C)(F)F)cc1C. The van der Waals surface area contributed by atoms with Crippen LogP contribution in [0.1, 0.15) is 65.6 Å². The molecule has 2 aromatic carbocycles. The zero-order valence-corrected chi connectivity index (χ0v) is 39.3. The van der Waals surface area contributed by atoms with Crippen LogP contribution in [0, 0.1) is 27.7 Å². The van der Waals surface area contributed by atoms with E-state index in [1.807, 2.05) is 0 Å². The molecule has 3 nitrogen and oxygen atoms in total. The average molecular weight is 1190 g/mol. The van der Waals surface area contributed by atoms with E-state index in [1.165, 1.54) is 32.0 Å². The summed E-state index contributed by atoms with van der Waals surface area (Å²) < 4.78 is 450. The highest BCUT2D eigenvalue weighted by atomic mass is 19.4. The van der Waals surface area contributed by atoms with E-state index in [0.717, 1.165) is 38.1 Å². The topological polar surface area (TPSA) is 27.3 Å². The minimum absolute atomic E-state index is 0.00623. The number of benzene rings is 2. The van der Waals surface area contributed by atoms with Crippen molar-refractivity contribution < 1.29 is 140 Å². The van der Waals surface area contributed by atoms with Crippen LogP contribution in [0.3, 0.4) is 0 Å². The standard InChI is InChI=1S/C42H37F32N3/c1-17-12-21(8-10-29(47,48)33(55,56)37(63,64)41(71,72)39(67,68)35(59,60)31(51,52)27(5,43)44)13-18(2)24(17)23-16-77(26(75-7)76-23)25-19(3)14-22(15-20(25)4)9-11-30(49,50)34(57,58)38(65,66)42(73,74)40(69,70)36(61,62)32(53,54)28(6,45)46/h12-16,26,75-76H,8-11H2,1-7H3. The third kappa shape index (κ3) is 9.82. The largest absolute Gasteiger partial charge is 0.384 e. The third-order valence-electron chi connectivity index (χ3n) is 12.2. The van der Waals surface area contributed by atoms with Gasteiger partial charge in [0, 0.05) is 44.1 Å². The average Bonchev–Trinajstić information content (AvgIpc) is 3.65. The van der Waals surface area contributed by atoms with Gasteiger partial charge in [0.1, 0.15) is 0 Å². The molecule has 0 spiro atoms. The first kappa shape index (κ1) is 66.8. The van der Waals surface area contributed by atoms with E-state index in [0.29, 0.717) is 0 Å². The van der Waals surface area contributed by atoms with Crippen molar-refractivity contribution in [1.29, 1.82) is 0 Å². The number of anilines is 1. The fourth-order valence-corrected chi connectivity index (χ4v) is 7.73. The molecule has 0 bridgehead atoms.